The molecular weight excluding hydrogens is 566 g/mol. The van der Waals surface area contributed by atoms with Gasteiger partial charge in [-0.1, -0.05) is 213 Å². The van der Waals surface area contributed by atoms with E-state index < -0.39 is 12.1 Å². The second kappa shape index (κ2) is 37.0. The highest BCUT2D eigenvalue weighted by molar-refractivity contribution is 5.76. The van der Waals surface area contributed by atoms with Crippen LogP contribution >= 0.6 is 0 Å². The molecule has 0 bridgehead atoms. The zero-order chi connectivity index (χ0) is 33.8. The van der Waals surface area contributed by atoms with Gasteiger partial charge in [0.1, 0.15) is 0 Å². The Balaban J connectivity index is 3.60. The number of hydrogen-bond donors (Lipinski definition) is 3. The first-order chi connectivity index (χ1) is 22.5. The predicted molar refractivity (Wildman–Crippen MR) is 202 cm³/mol. The van der Waals surface area contributed by atoms with Crippen molar-refractivity contribution >= 4 is 5.91 Å². The molecule has 0 aromatic heterocycles. The van der Waals surface area contributed by atoms with E-state index in [9.17, 15) is 15.0 Å². The number of rotatable bonds is 37. The van der Waals surface area contributed by atoms with Crippen LogP contribution in [0.3, 0.4) is 0 Å². The topological polar surface area (TPSA) is 69.6 Å². The maximum Gasteiger partial charge on any atom is 0.220 e. The Morgan fingerprint density at radius 3 is 1.35 bits per heavy atom. The number of hydrogen-bond acceptors (Lipinski definition) is 3. The summed E-state index contributed by atoms with van der Waals surface area (Å²) in [5.41, 5.74) is 0. The van der Waals surface area contributed by atoms with E-state index in [1.807, 2.05) is 6.08 Å². The van der Waals surface area contributed by atoms with Crippen molar-refractivity contribution in [2.24, 2.45) is 5.92 Å². The molecule has 0 radical (unpaired) electrons. The Morgan fingerprint density at radius 1 is 0.565 bits per heavy atom. The van der Waals surface area contributed by atoms with Crippen molar-refractivity contribution in [3.8, 4) is 0 Å². The van der Waals surface area contributed by atoms with Gasteiger partial charge in [0.05, 0.1) is 18.8 Å². The molecule has 0 aromatic rings. The first-order valence-corrected chi connectivity index (χ1v) is 20.8. The SMILES string of the molecule is CCCCCCCCCCCCCCCCCCCCCCC(=O)NC(CO)C(O)C=CCCCC(C)CCCCCCCCC. The molecule has 0 heterocycles. The van der Waals surface area contributed by atoms with E-state index in [2.05, 4.69) is 26.1 Å². The molecule has 0 aliphatic heterocycles. The minimum absolute atomic E-state index is 0.0619. The molecule has 0 aromatic carbocycles. The molecule has 0 saturated heterocycles. The number of nitrogens with one attached hydrogen (secondary N) is 1. The zero-order valence-electron chi connectivity index (χ0n) is 31.5. The summed E-state index contributed by atoms with van der Waals surface area (Å²) < 4.78 is 0. The van der Waals surface area contributed by atoms with E-state index >= 15 is 0 Å². The lowest BCUT2D eigenvalue weighted by Gasteiger charge is -2.20. The molecule has 0 aliphatic rings. The molecule has 3 N–H and O–H groups in total. The molecule has 46 heavy (non-hydrogen) atoms. The highest BCUT2D eigenvalue weighted by atomic mass is 16.3. The zero-order valence-corrected chi connectivity index (χ0v) is 31.5. The van der Waals surface area contributed by atoms with Gasteiger partial charge in [0.25, 0.3) is 0 Å². The summed E-state index contributed by atoms with van der Waals surface area (Å²) in [7, 11) is 0. The van der Waals surface area contributed by atoms with Crippen molar-refractivity contribution in [2.45, 2.75) is 238 Å². The van der Waals surface area contributed by atoms with Crippen molar-refractivity contribution in [1.82, 2.24) is 5.32 Å². The van der Waals surface area contributed by atoms with Gasteiger partial charge in [-0.3, -0.25) is 4.79 Å². The van der Waals surface area contributed by atoms with E-state index in [-0.39, 0.29) is 12.5 Å². The van der Waals surface area contributed by atoms with Crippen molar-refractivity contribution in [3.05, 3.63) is 12.2 Å². The quantitative estimate of drug-likeness (QED) is 0.0463. The van der Waals surface area contributed by atoms with Gasteiger partial charge in [-0.2, -0.15) is 0 Å². The lowest BCUT2D eigenvalue weighted by Crippen LogP contribution is -2.45. The van der Waals surface area contributed by atoms with Gasteiger partial charge in [-0.15, -0.1) is 0 Å². The van der Waals surface area contributed by atoms with Gasteiger partial charge in [0, 0.05) is 6.42 Å². The monoisotopic (exact) mass is 650 g/mol. The summed E-state index contributed by atoms with van der Waals surface area (Å²) in [4.78, 5) is 12.4. The van der Waals surface area contributed by atoms with Crippen molar-refractivity contribution in [3.63, 3.8) is 0 Å². The summed E-state index contributed by atoms with van der Waals surface area (Å²) in [6, 6.07) is -0.620. The van der Waals surface area contributed by atoms with Gasteiger partial charge in [0.2, 0.25) is 5.91 Å². The van der Waals surface area contributed by atoms with E-state index in [0.29, 0.717) is 6.42 Å². The Hall–Kier alpha value is -0.870. The van der Waals surface area contributed by atoms with Gasteiger partial charge in [-0.05, 0) is 25.2 Å². The third-order valence-corrected chi connectivity index (χ3v) is 9.91. The largest absolute Gasteiger partial charge is 0.394 e. The summed E-state index contributed by atoms with van der Waals surface area (Å²) in [6.45, 7) is 6.67. The van der Waals surface area contributed by atoms with Crippen LogP contribution in [0.2, 0.25) is 0 Å². The van der Waals surface area contributed by atoms with Crippen LogP contribution in [-0.2, 0) is 4.79 Å². The Kier molecular flexibility index (Phi) is 36.3. The Bertz CT molecular complexity index is 636. The van der Waals surface area contributed by atoms with Gasteiger partial charge < -0.3 is 15.5 Å². The second-order valence-electron chi connectivity index (χ2n) is 14.7. The van der Waals surface area contributed by atoms with Crippen LogP contribution < -0.4 is 5.32 Å². The van der Waals surface area contributed by atoms with Crippen LogP contribution in [0.1, 0.15) is 226 Å². The molecule has 4 heteroatoms. The summed E-state index contributed by atoms with van der Waals surface area (Å²) in [6.07, 6.45) is 44.5. The molecule has 3 unspecified atom stereocenters. The molecule has 0 aliphatic carbocycles. The van der Waals surface area contributed by atoms with Crippen LogP contribution in [0.5, 0.6) is 0 Å². The van der Waals surface area contributed by atoms with Crippen LogP contribution in [0, 0.1) is 5.92 Å². The highest BCUT2D eigenvalue weighted by Gasteiger charge is 2.18. The number of aliphatic hydroxyl groups is 2. The molecule has 3 atom stereocenters. The van der Waals surface area contributed by atoms with Crippen molar-refractivity contribution < 1.29 is 15.0 Å². The summed E-state index contributed by atoms with van der Waals surface area (Å²) >= 11 is 0. The number of allylic oxidation sites excluding steroid dienone is 1. The molecule has 0 rings (SSSR count). The summed E-state index contributed by atoms with van der Waals surface area (Å²) in [5.74, 6) is 0.695. The third-order valence-electron chi connectivity index (χ3n) is 9.91. The fourth-order valence-electron chi connectivity index (χ4n) is 6.61. The van der Waals surface area contributed by atoms with Gasteiger partial charge in [0.15, 0.2) is 0 Å². The molecule has 4 nitrogen and oxygen atoms in total. The lowest BCUT2D eigenvalue weighted by atomic mass is 9.96. The van der Waals surface area contributed by atoms with Crippen LogP contribution in [0.25, 0.3) is 0 Å². The number of carbonyl (C=O) groups is 1. The maximum atomic E-state index is 12.4. The average molecular weight is 650 g/mol. The van der Waals surface area contributed by atoms with E-state index in [1.165, 1.54) is 173 Å². The van der Waals surface area contributed by atoms with Gasteiger partial charge in [-0.25, -0.2) is 0 Å². The Morgan fingerprint density at radius 2 is 0.935 bits per heavy atom. The number of amides is 1. The minimum Gasteiger partial charge on any atom is -0.394 e. The molecule has 0 spiro atoms. The highest BCUT2D eigenvalue weighted by Crippen LogP contribution is 2.18. The van der Waals surface area contributed by atoms with Crippen LogP contribution in [-0.4, -0.2) is 34.9 Å². The smallest absolute Gasteiger partial charge is 0.220 e. The fraction of sp³-hybridized carbons (Fsp3) is 0.929. The molecule has 0 fully saturated rings. The van der Waals surface area contributed by atoms with Crippen molar-refractivity contribution in [1.29, 1.82) is 0 Å². The number of unbranched alkanes of at least 4 members (excludes halogenated alkanes) is 26. The van der Waals surface area contributed by atoms with E-state index in [1.54, 1.807) is 6.08 Å². The van der Waals surface area contributed by atoms with E-state index in [4.69, 9.17) is 0 Å². The molecule has 0 saturated carbocycles. The maximum absolute atomic E-state index is 12.4. The molecule has 274 valence electrons. The standard InChI is InChI=1S/C42H83NO3/c1-4-6-8-10-12-13-14-15-16-17-18-19-20-21-22-23-24-26-28-33-37-42(46)43-40(38-44)41(45)36-32-29-31-35-39(3)34-30-27-25-11-9-7-5-2/h32,36,39-41,44-45H,4-31,33-35,37-38H2,1-3H3,(H,43,46). The first-order valence-electron chi connectivity index (χ1n) is 20.8. The lowest BCUT2D eigenvalue weighted by molar-refractivity contribution is -0.123. The van der Waals surface area contributed by atoms with Crippen LogP contribution in [0.15, 0.2) is 12.2 Å². The van der Waals surface area contributed by atoms with Crippen LogP contribution in [0.4, 0.5) is 0 Å². The Labute approximate surface area is 288 Å². The third kappa shape index (κ3) is 33.0. The normalized spacial score (nSPS) is 13.8. The molecule has 1 amide bonds. The minimum atomic E-state index is -0.839. The fourth-order valence-corrected chi connectivity index (χ4v) is 6.61. The van der Waals surface area contributed by atoms with Crippen molar-refractivity contribution in [2.75, 3.05) is 6.61 Å². The number of aliphatic hydroxyl groups excluding tert-OH is 2. The predicted octanol–water partition coefficient (Wildman–Crippen LogP) is 12.5. The second-order valence-corrected chi connectivity index (χ2v) is 14.7. The average Bonchev–Trinajstić information content (AvgIpc) is 3.05. The molecular formula is C42H83NO3. The first kappa shape index (κ1) is 45.1. The summed E-state index contributed by atoms with van der Waals surface area (Å²) in [5, 5.41) is 23.0. The van der Waals surface area contributed by atoms with E-state index in [0.717, 1.165) is 31.6 Å². The number of carbonyl (C=O) groups excluding carboxylic acids is 1. The van der Waals surface area contributed by atoms with Gasteiger partial charge >= 0.3 is 0 Å².